The van der Waals surface area contributed by atoms with Crippen LogP contribution in [0.25, 0.3) is 0 Å². The van der Waals surface area contributed by atoms with Gasteiger partial charge in [0.2, 0.25) is 0 Å². The monoisotopic (exact) mass is 349 g/mol. The van der Waals surface area contributed by atoms with Crippen molar-refractivity contribution >= 4 is 0 Å². The van der Waals surface area contributed by atoms with Gasteiger partial charge in [0, 0.05) is 12.5 Å². The van der Waals surface area contributed by atoms with Gasteiger partial charge in [-0.3, -0.25) is 0 Å². The molecule has 3 nitrogen and oxygen atoms in total. The van der Waals surface area contributed by atoms with E-state index in [0.29, 0.717) is 32.3 Å². The maximum atomic E-state index is 14.1. The molecule has 24 heavy (non-hydrogen) atoms. The fraction of sp³-hybridized carbons (Fsp3) is 0.944. The van der Waals surface area contributed by atoms with Crippen molar-refractivity contribution in [3.05, 3.63) is 0 Å². The lowest BCUT2D eigenvalue weighted by atomic mass is 9.66. The third-order valence-corrected chi connectivity index (χ3v) is 5.14. The maximum absolute atomic E-state index is 14.1. The Morgan fingerprint density at radius 1 is 1.25 bits per heavy atom. The molecule has 1 rings (SSSR count). The number of alkyl halides is 3. The molecule has 0 amide bonds. The summed E-state index contributed by atoms with van der Waals surface area (Å²) in [6.45, 7) is 7.24. The van der Waals surface area contributed by atoms with Crippen molar-refractivity contribution in [3.63, 3.8) is 0 Å². The molecule has 6 heteroatoms. The first-order chi connectivity index (χ1) is 11.2. The summed E-state index contributed by atoms with van der Waals surface area (Å²) in [5.41, 5.74) is -2.17. The average molecular weight is 349 g/mol. The standard InChI is InChI=1S/C18H30F3NO2/c1-5-15(11-13(3)12-22)16-9-7-8-10-17(16,18(19,20)21)24-14(4)23-6-2/h13-16H,5-11H2,1-4H3. The van der Waals surface area contributed by atoms with Gasteiger partial charge in [0.25, 0.3) is 0 Å². The van der Waals surface area contributed by atoms with Crippen LogP contribution in [-0.2, 0) is 9.47 Å². The lowest BCUT2D eigenvalue weighted by Crippen LogP contribution is -2.58. The van der Waals surface area contributed by atoms with Crippen LogP contribution in [0.5, 0.6) is 0 Å². The van der Waals surface area contributed by atoms with Gasteiger partial charge < -0.3 is 9.47 Å². The average Bonchev–Trinajstić information content (AvgIpc) is 2.52. The Morgan fingerprint density at radius 2 is 1.92 bits per heavy atom. The maximum Gasteiger partial charge on any atom is 0.417 e. The SMILES string of the molecule is CCOC(C)OC1(C(F)(F)F)CCCCC1C(CC)CC(C)C#N. The molecule has 0 aromatic rings. The lowest BCUT2D eigenvalue weighted by molar-refractivity contribution is -0.349. The van der Waals surface area contributed by atoms with E-state index in [1.165, 1.54) is 6.92 Å². The van der Waals surface area contributed by atoms with Crippen LogP contribution in [0.2, 0.25) is 0 Å². The molecule has 1 aliphatic rings. The van der Waals surface area contributed by atoms with Crippen LogP contribution >= 0.6 is 0 Å². The summed E-state index contributed by atoms with van der Waals surface area (Å²) in [6.07, 6.45) is -2.55. The lowest BCUT2D eigenvalue weighted by Gasteiger charge is -2.49. The summed E-state index contributed by atoms with van der Waals surface area (Å²) in [5.74, 6) is -1.07. The summed E-state index contributed by atoms with van der Waals surface area (Å²) < 4.78 is 53.2. The minimum Gasteiger partial charge on any atom is -0.353 e. The zero-order valence-corrected chi connectivity index (χ0v) is 15.2. The van der Waals surface area contributed by atoms with Gasteiger partial charge in [0.1, 0.15) is 0 Å². The van der Waals surface area contributed by atoms with Gasteiger partial charge >= 0.3 is 6.18 Å². The van der Waals surface area contributed by atoms with Crippen LogP contribution in [0.4, 0.5) is 13.2 Å². The van der Waals surface area contributed by atoms with Gasteiger partial charge in [-0.2, -0.15) is 18.4 Å². The van der Waals surface area contributed by atoms with E-state index in [1.54, 1.807) is 13.8 Å². The number of nitriles is 1. The molecular formula is C18H30F3NO2. The number of ether oxygens (including phenoxy) is 2. The minimum atomic E-state index is -4.45. The van der Waals surface area contributed by atoms with Gasteiger partial charge in [-0.1, -0.05) is 26.2 Å². The highest BCUT2D eigenvalue weighted by atomic mass is 19.4. The van der Waals surface area contributed by atoms with Crippen molar-refractivity contribution in [1.29, 1.82) is 5.26 Å². The van der Waals surface area contributed by atoms with Crippen LogP contribution < -0.4 is 0 Å². The summed E-state index contributed by atoms with van der Waals surface area (Å²) in [7, 11) is 0. The molecule has 0 spiro atoms. The molecule has 1 saturated carbocycles. The molecule has 0 radical (unpaired) electrons. The topological polar surface area (TPSA) is 42.2 Å². The molecule has 0 bridgehead atoms. The molecule has 0 saturated heterocycles. The molecule has 0 aromatic carbocycles. The molecule has 0 aliphatic heterocycles. The molecule has 0 N–H and O–H groups in total. The first-order valence-corrected chi connectivity index (χ1v) is 8.97. The van der Waals surface area contributed by atoms with Gasteiger partial charge in [0.05, 0.1) is 6.07 Å². The number of halogens is 3. The van der Waals surface area contributed by atoms with E-state index < -0.39 is 24.0 Å². The van der Waals surface area contributed by atoms with E-state index in [0.717, 1.165) is 6.42 Å². The molecule has 140 valence electrons. The van der Waals surface area contributed by atoms with E-state index in [4.69, 9.17) is 14.7 Å². The van der Waals surface area contributed by atoms with E-state index >= 15 is 0 Å². The Labute approximate surface area is 143 Å². The largest absolute Gasteiger partial charge is 0.417 e. The fourth-order valence-electron chi connectivity index (χ4n) is 4.04. The summed E-state index contributed by atoms with van der Waals surface area (Å²) in [5, 5.41) is 9.06. The smallest absolute Gasteiger partial charge is 0.353 e. The highest BCUT2D eigenvalue weighted by molar-refractivity contribution is 5.01. The second kappa shape index (κ2) is 9.05. The molecule has 0 aromatic heterocycles. The summed E-state index contributed by atoms with van der Waals surface area (Å²) in [4.78, 5) is 0. The zero-order chi connectivity index (χ0) is 18.4. The van der Waals surface area contributed by atoms with Gasteiger partial charge in [-0.25, -0.2) is 0 Å². The Kier molecular flexibility index (Phi) is 8.01. The van der Waals surface area contributed by atoms with Crippen molar-refractivity contribution in [2.75, 3.05) is 6.61 Å². The second-order valence-corrected chi connectivity index (χ2v) is 6.81. The summed E-state index contributed by atoms with van der Waals surface area (Å²) >= 11 is 0. The van der Waals surface area contributed by atoms with Gasteiger partial charge in [-0.05, 0) is 51.9 Å². The number of rotatable bonds is 8. The van der Waals surface area contributed by atoms with E-state index in [1.807, 2.05) is 6.92 Å². The molecule has 5 unspecified atom stereocenters. The number of hydrogen-bond acceptors (Lipinski definition) is 3. The molecule has 1 aliphatic carbocycles. The van der Waals surface area contributed by atoms with Crippen LogP contribution in [0.15, 0.2) is 0 Å². The molecule has 0 heterocycles. The van der Waals surface area contributed by atoms with Crippen molar-refractivity contribution < 1.29 is 22.6 Å². The highest BCUT2D eigenvalue weighted by Gasteiger charge is 2.63. The summed E-state index contributed by atoms with van der Waals surface area (Å²) in [6, 6.07) is 2.15. The zero-order valence-electron chi connectivity index (χ0n) is 15.2. The molecular weight excluding hydrogens is 319 g/mol. The van der Waals surface area contributed by atoms with Crippen molar-refractivity contribution in [2.45, 2.75) is 84.3 Å². The third-order valence-electron chi connectivity index (χ3n) is 5.14. The first kappa shape index (κ1) is 21.2. The quantitative estimate of drug-likeness (QED) is 0.547. The van der Waals surface area contributed by atoms with Crippen molar-refractivity contribution in [2.24, 2.45) is 17.8 Å². The fourth-order valence-corrected chi connectivity index (χ4v) is 4.04. The third kappa shape index (κ3) is 4.86. The van der Waals surface area contributed by atoms with Crippen LogP contribution in [0, 0.1) is 29.1 Å². The molecule has 1 fully saturated rings. The molecule has 5 atom stereocenters. The predicted molar refractivity (Wildman–Crippen MR) is 86.1 cm³/mol. The highest BCUT2D eigenvalue weighted by Crippen LogP contribution is 2.52. The van der Waals surface area contributed by atoms with Crippen LogP contribution in [0.1, 0.15) is 66.2 Å². The van der Waals surface area contributed by atoms with Crippen molar-refractivity contribution in [1.82, 2.24) is 0 Å². The second-order valence-electron chi connectivity index (χ2n) is 6.81. The first-order valence-electron chi connectivity index (χ1n) is 8.97. The predicted octanol–water partition coefficient (Wildman–Crippen LogP) is 5.45. The number of nitrogens with zero attached hydrogens (tertiary/aromatic N) is 1. The Morgan fingerprint density at radius 3 is 2.42 bits per heavy atom. The van der Waals surface area contributed by atoms with E-state index in [-0.39, 0.29) is 18.3 Å². The van der Waals surface area contributed by atoms with Gasteiger partial charge in [-0.15, -0.1) is 0 Å². The Balaban J connectivity index is 3.17. The van der Waals surface area contributed by atoms with E-state index in [2.05, 4.69) is 6.07 Å². The van der Waals surface area contributed by atoms with Crippen LogP contribution in [0.3, 0.4) is 0 Å². The minimum absolute atomic E-state index is 0.0317. The Hall–Kier alpha value is -0.800. The Bertz CT molecular complexity index is 421. The van der Waals surface area contributed by atoms with Gasteiger partial charge in [0.15, 0.2) is 11.9 Å². The van der Waals surface area contributed by atoms with Crippen molar-refractivity contribution in [3.8, 4) is 6.07 Å². The normalized spacial score (nSPS) is 28.8. The van der Waals surface area contributed by atoms with E-state index in [9.17, 15) is 13.2 Å². The van der Waals surface area contributed by atoms with Crippen LogP contribution in [-0.4, -0.2) is 24.7 Å². The number of hydrogen-bond donors (Lipinski definition) is 0.